The molecule has 4 N–H and O–H groups in total. The monoisotopic (exact) mass is 476 g/mol. The molecule has 194 valence electrons. The third-order valence-electron chi connectivity index (χ3n) is 11.4. The second-order valence-corrected chi connectivity index (χ2v) is 13.1. The number of carbonyl (C=O) groups is 1. The molecule has 0 bridgehead atoms. The molecule has 0 spiro atoms. The summed E-state index contributed by atoms with van der Waals surface area (Å²) in [5, 5.41) is 43.0. The minimum Gasteiger partial charge on any atom is -0.390 e. The van der Waals surface area contributed by atoms with E-state index in [1.165, 1.54) is 0 Å². The van der Waals surface area contributed by atoms with Crippen LogP contribution in [0.25, 0.3) is 0 Å². The topological polar surface area (TPSA) is 98.0 Å². The summed E-state index contributed by atoms with van der Waals surface area (Å²) < 4.78 is 0. The van der Waals surface area contributed by atoms with Crippen molar-refractivity contribution in [3.8, 4) is 0 Å². The molecular formula is C29H48O5. The van der Waals surface area contributed by atoms with Crippen LogP contribution >= 0.6 is 0 Å². The molecule has 4 rings (SSSR count). The van der Waals surface area contributed by atoms with E-state index in [0.717, 1.165) is 31.3 Å². The second-order valence-electron chi connectivity index (χ2n) is 13.1. The van der Waals surface area contributed by atoms with E-state index in [1.54, 1.807) is 0 Å². The number of rotatable bonds is 5. The number of hydrogen-bond acceptors (Lipinski definition) is 5. The van der Waals surface area contributed by atoms with Gasteiger partial charge in [0.15, 0.2) is 0 Å². The quantitative estimate of drug-likeness (QED) is 0.448. The van der Waals surface area contributed by atoms with E-state index in [2.05, 4.69) is 34.6 Å². The van der Waals surface area contributed by atoms with E-state index >= 15 is 0 Å². The van der Waals surface area contributed by atoms with Gasteiger partial charge in [-0.15, -0.1) is 0 Å². The Labute approximate surface area is 206 Å². The fourth-order valence-corrected chi connectivity index (χ4v) is 9.54. The minimum absolute atomic E-state index is 0.0236. The lowest BCUT2D eigenvalue weighted by molar-refractivity contribution is -0.174. The molecule has 0 unspecified atom stereocenters. The van der Waals surface area contributed by atoms with Gasteiger partial charge in [-0.1, -0.05) is 40.7 Å². The van der Waals surface area contributed by atoms with Crippen molar-refractivity contribution in [2.24, 2.45) is 52.3 Å². The van der Waals surface area contributed by atoms with Gasteiger partial charge in [0.1, 0.15) is 11.9 Å². The van der Waals surface area contributed by atoms with Gasteiger partial charge in [0.2, 0.25) is 0 Å². The summed E-state index contributed by atoms with van der Waals surface area (Å²) in [7, 11) is 0. The molecular weight excluding hydrogens is 428 g/mol. The van der Waals surface area contributed by atoms with Gasteiger partial charge in [-0.05, 0) is 97.4 Å². The Bertz CT molecular complexity index is 806. The van der Waals surface area contributed by atoms with Gasteiger partial charge in [0, 0.05) is 12.3 Å². The Balaban J connectivity index is 1.56. The van der Waals surface area contributed by atoms with E-state index in [4.69, 9.17) is 0 Å². The van der Waals surface area contributed by atoms with Crippen LogP contribution in [-0.4, -0.2) is 50.6 Å². The van der Waals surface area contributed by atoms with Crippen molar-refractivity contribution in [2.75, 3.05) is 0 Å². The van der Waals surface area contributed by atoms with Gasteiger partial charge in [0.05, 0.1) is 18.3 Å². The normalized spacial score (nSPS) is 47.6. The smallest absolute Gasteiger partial charge is 0.136 e. The van der Waals surface area contributed by atoms with Gasteiger partial charge in [0.25, 0.3) is 0 Å². The number of Topliss-reactive ketones (excluding diaryl/α,β-unsaturated/α-hetero) is 1. The molecule has 0 heterocycles. The lowest BCUT2D eigenvalue weighted by atomic mass is 9.44. The van der Waals surface area contributed by atoms with Crippen LogP contribution in [0.2, 0.25) is 0 Å². The Hall–Kier alpha value is -0.750. The number of carbonyl (C=O) groups excluding carboxylic acids is 1. The van der Waals surface area contributed by atoms with Crippen molar-refractivity contribution in [3.63, 3.8) is 0 Å². The average Bonchev–Trinajstić information content (AvgIpc) is 3.12. The molecule has 0 radical (unpaired) electrons. The van der Waals surface area contributed by atoms with Crippen molar-refractivity contribution >= 4 is 5.78 Å². The Morgan fingerprint density at radius 3 is 2.26 bits per heavy atom. The summed E-state index contributed by atoms with van der Waals surface area (Å²) in [5.74, 6) is 1.76. The molecule has 0 aliphatic heterocycles. The Morgan fingerprint density at radius 2 is 1.65 bits per heavy atom. The van der Waals surface area contributed by atoms with Crippen LogP contribution in [0.5, 0.6) is 0 Å². The number of allylic oxidation sites excluding steroid dienone is 1. The van der Waals surface area contributed by atoms with Crippen LogP contribution in [0.3, 0.4) is 0 Å². The molecule has 5 heteroatoms. The van der Waals surface area contributed by atoms with Gasteiger partial charge in [-0.3, -0.25) is 4.79 Å². The fraction of sp³-hybridized carbons (Fsp3) is 0.897. The molecule has 0 aromatic rings. The second kappa shape index (κ2) is 9.28. The zero-order chi connectivity index (χ0) is 25.2. The zero-order valence-electron chi connectivity index (χ0n) is 22.1. The van der Waals surface area contributed by atoms with Crippen LogP contribution in [0.15, 0.2) is 11.6 Å². The molecule has 4 aliphatic carbocycles. The maximum atomic E-state index is 13.3. The van der Waals surface area contributed by atoms with Crippen molar-refractivity contribution in [2.45, 2.75) is 111 Å². The van der Waals surface area contributed by atoms with Gasteiger partial charge < -0.3 is 20.4 Å². The number of ketones is 1. The standard InChI is InChI=1S/C29H48O5/c1-7-17(15(2)3)27(34)26(33)16(4)19-8-9-20-18-12-23(30)22-13-24(31)25(32)14-29(22,6)21(18)10-11-28(19,20)5/h7,15-16,18-22,24-27,31-34H,8-14H2,1-6H3/b17-7+/t16-,18-,19+,20-,21-,22+,24-,25+,26+,27+,28-,29+/m0/s1. The van der Waals surface area contributed by atoms with Crippen molar-refractivity contribution < 1.29 is 25.2 Å². The number of hydrogen-bond donors (Lipinski definition) is 4. The summed E-state index contributed by atoms with van der Waals surface area (Å²) in [6, 6.07) is 0. The van der Waals surface area contributed by atoms with E-state index in [-0.39, 0.29) is 34.4 Å². The van der Waals surface area contributed by atoms with Crippen LogP contribution in [0, 0.1) is 52.3 Å². The highest BCUT2D eigenvalue weighted by Crippen LogP contribution is 2.67. The maximum absolute atomic E-state index is 13.3. The summed E-state index contributed by atoms with van der Waals surface area (Å²) in [6.45, 7) is 12.7. The predicted octanol–water partition coefficient (Wildman–Crippen LogP) is 4.12. The van der Waals surface area contributed by atoms with E-state index < -0.39 is 24.4 Å². The zero-order valence-corrected chi connectivity index (χ0v) is 22.1. The molecule has 4 saturated carbocycles. The van der Waals surface area contributed by atoms with E-state index in [1.807, 2.05) is 13.0 Å². The minimum atomic E-state index is -0.843. The summed E-state index contributed by atoms with van der Waals surface area (Å²) in [5.41, 5.74) is 0.709. The molecule has 0 aromatic carbocycles. The molecule has 0 aromatic heterocycles. The molecule has 4 fully saturated rings. The van der Waals surface area contributed by atoms with Crippen LogP contribution < -0.4 is 0 Å². The van der Waals surface area contributed by atoms with Crippen molar-refractivity contribution in [3.05, 3.63) is 11.6 Å². The first-order chi connectivity index (χ1) is 15.9. The molecule has 0 amide bonds. The first-order valence-electron chi connectivity index (χ1n) is 13.8. The van der Waals surface area contributed by atoms with Gasteiger partial charge >= 0.3 is 0 Å². The third kappa shape index (κ3) is 3.93. The highest BCUT2D eigenvalue weighted by molar-refractivity contribution is 5.83. The Kier molecular flexibility index (Phi) is 7.18. The number of fused-ring (bicyclic) bond motifs is 5. The van der Waals surface area contributed by atoms with Crippen molar-refractivity contribution in [1.82, 2.24) is 0 Å². The molecule has 4 aliphatic rings. The van der Waals surface area contributed by atoms with Crippen LogP contribution in [-0.2, 0) is 4.79 Å². The highest BCUT2D eigenvalue weighted by Gasteiger charge is 2.63. The highest BCUT2D eigenvalue weighted by atomic mass is 16.3. The van der Waals surface area contributed by atoms with E-state index in [9.17, 15) is 25.2 Å². The maximum Gasteiger partial charge on any atom is 0.136 e. The lowest BCUT2D eigenvalue weighted by Crippen LogP contribution is -2.59. The SMILES string of the molecule is C/C=C(\C(C)C)[C@@H](O)[C@H](O)[C@@H](C)[C@H]1CC[C@H]2[C@@H]3CC(=O)[C@H]4C[C@H](O)[C@H](O)C[C@]4(C)[C@H]3CC[C@@]12C. The summed E-state index contributed by atoms with van der Waals surface area (Å²) >= 11 is 0. The first-order valence-corrected chi connectivity index (χ1v) is 13.8. The average molecular weight is 477 g/mol. The summed E-state index contributed by atoms with van der Waals surface area (Å²) in [4.78, 5) is 13.3. The first kappa shape index (κ1) is 26.3. The third-order valence-corrected chi connectivity index (χ3v) is 11.4. The van der Waals surface area contributed by atoms with Crippen LogP contribution in [0.4, 0.5) is 0 Å². The molecule has 0 saturated heterocycles. The Morgan fingerprint density at radius 1 is 1.00 bits per heavy atom. The largest absolute Gasteiger partial charge is 0.390 e. The number of aliphatic hydroxyl groups excluding tert-OH is 4. The van der Waals surface area contributed by atoms with Crippen molar-refractivity contribution in [1.29, 1.82) is 0 Å². The van der Waals surface area contributed by atoms with Crippen LogP contribution in [0.1, 0.15) is 86.5 Å². The van der Waals surface area contributed by atoms with Gasteiger partial charge in [-0.25, -0.2) is 0 Å². The molecule has 12 atom stereocenters. The molecule has 5 nitrogen and oxygen atoms in total. The number of aliphatic hydroxyl groups is 4. The predicted molar refractivity (Wildman–Crippen MR) is 133 cm³/mol. The lowest BCUT2D eigenvalue weighted by Gasteiger charge is -2.61. The molecule has 34 heavy (non-hydrogen) atoms. The van der Waals surface area contributed by atoms with E-state index in [0.29, 0.717) is 42.9 Å². The van der Waals surface area contributed by atoms with Gasteiger partial charge in [-0.2, -0.15) is 0 Å². The summed E-state index contributed by atoms with van der Waals surface area (Å²) in [6.07, 6.45) is 4.47. The fourth-order valence-electron chi connectivity index (χ4n) is 9.54.